The summed E-state index contributed by atoms with van der Waals surface area (Å²) >= 11 is 6.19. The van der Waals surface area contributed by atoms with E-state index in [1.807, 2.05) is 0 Å². The second-order valence-corrected chi connectivity index (χ2v) is 6.20. The Hall–Kier alpha value is -3.07. The first-order valence-electron chi connectivity index (χ1n) is 7.78. The number of aryl methyl sites for hydroxylation is 1. The quantitative estimate of drug-likeness (QED) is 0.392. The minimum atomic E-state index is -4.55. The summed E-state index contributed by atoms with van der Waals surface area (Å²) in [7, 11) is 1.29. The summed E-state index contributed by atoms with van der Waals surface area (Å²) < 4.78 is 49.6. The van der Waals surface area contributed by atoms with Crippen molar-refractivity contribution in [2.45, 2.75) is 13.1 Å². The molecule has 2 aromatic carbocycles. The Morgan fingerprint density at radius 2 is 1.93 bits per heavy atom. The van der Waals surface area contributed by atoms with E-state index in [0.717, 1.165) is 18.2 Å². The first-order chi connectivity index (χ1) is 13.1. The van der Waals surface area contributed by atoms with Crippen LogP contribution in [0, 0.1) is 17.0 Å². The van der Waals surface area contributed by atoms with Crippen LogP contribution in [0.15, 0.2) is 36.5 Å². The van der Waals surface area contributed by atoms with E-state index in [2.05, 4.69) is 4.98 Å². The Balaban J connectivity index is 2.27. The second-order valence-electron chi connectivity index (χ2n) is 5.79. The molecule has 0 saturated carbocycles. The van der Waals surface area contributed by atoms with Crippen LogP contribution in [-0.4, -0.2) is 17.0 Å². The minimum absolute atomic E-state index is 0.0280. The van der Waals surface area contributed by atoms with Crippen LogP contribution in [0.5, 0.6) is 17.4 Å². The number of nitro groups is 1. The average Bonchev–Trinajstić information content (AvgIpc) is 2.63. The van der Waals surface area contributed by atoms with Crippen LogP contribution in [0.25, 0.3) is 10.8 Å². The van der Waals surface area contributed by atoms with Crippen LogP contribution in [0.4, 0.5) is 18.9 Å². The van der Waals surface area contributed by atoms with Gasteiger partial charge in [-0.3, -0.25) is 10.1 Å². The Kier molecular flexibility index (Phi) is 5.03. The molecule has 0 aliphatic rings. The van der Waals surface area contributed by atoms with Crippen LogP contribution in [0.1, 0.15) is 11.1 Å². The van der Waals surface area contributed by atoms with E-state index in [4.69, 9.17) is 21.1 Å². The lowest BCUT2D eigenvalue weighted by atomic mass is 10.1. The molecule has 3 rings (SSSR count). The number of halogens is 4. The molecular formula is C18H12ClF3N2O4. The topological polar surface area (TPSA) is 74.5 Å². The molecule has 146 valence electrons. The summed E-state index contributed by atoms with van der Waals surface area (Å²) in [6.07, 6.45) is -3.15. The Bertz CT molecular complexity index is 1090. The zero-order valence-corrected chi connectivity index (χ0v) is 15.3. The van der Waals surface area contributed by atoms with Gasteiger partial charge in [-0.2, -0.15) is 13.2 Å². The van der Waals surface area contributed by atoms with Crippen LogP contribution < -0.4 is 9.47 Å². The molecule has 28 heavy (non-hydrogen) atoms. The number of ether oxygens (including phenoxy) is 2. The molecule has 0 atom stereocenters. The zero-order chi connectivity index (χ0) is 20.6. The Morgan fingerprint density at radius 1 is 1.21 bits per heavy atom. The molecular weight excluding hydrogens is 401 g/mol. The van der Waals surface area contributed by atoms with E-state index >= 15 is 0 Å². The fourth-order valence-electron chi connectivity index (χ4n) is 2.75. The van der Waals surface area contributed by atoms with Gasteiger partial charge >= 0.3 is 6.18 Å². The van der Waals surface area contributed by atoms with Gasteiger partial charge in [0.15, 0.2) is 5.75 Å². The van der Waals surface area contributed by atoms with E-state index in [0.29, 0.717) is 5.56 Å². The highest BCUT2D eigenvalue weighted by Crippen LogP contribution is 2.46. The van der Waals surface area contributed by atoms with Crippen molar-refractivity contribution in [1.29, 1.82) is 0 Å². The molecule has 0 aliphatic carbocycles. The summed E-state index contributed by atoms with van der Waals surface area (Å²) in [5.74, 6) is -0.181. The summed E-state index contributed by atoms with van der Waals surface area (Å²) in [4.78, 5) is 14.8. The van der Waals surface area contributed by atoms with Gasteiger partial charge in [-0.25, -0.2) is 4.98 Å². The van der Waals surface area contributed by atoms with Gasteiger partial charge in [0.05, 0.1) is 22.6 Å². The van der Waals surface area contributed by atoms with Gasteiger partial charge in [0.1, 0.15) is 11.1 Å². The molecule has 10 heteroatoms. The largest absolute Gasteiger partial charge is 0.480 e. The predicted octanol–water partition coefficient (Wildman–Crippen LogP) is 5.92. The number of pyridine rings is 1. The number of hydrogen-bond donors (Lipinski definition) is 0. The summed E-state index contributed by atoms with van der Waals surface area (Å²) in [5, 5.41) is 11.6. The van der Waals surface area contributed by atoms with Gasteiger partial charge in [-0.15, -0.1) is 0 Å². The van der Waals surface area contributed by atoms with Gasteiger partial charge in [0.2, 0.25) is 5.88 Å². The van der Waals surface area contributed by atoms with Crippen molar-refractivity contribution in [3.05, 3.63) is 62.8 Å². The number of nitrogens with zero attached hydrogens (tertiary/aromatic N) is 2. The Labute approximate surface area is 161 Å². The van der Waals surface area contributed by atoms with Crippen molar-refractivity contribution in [3.8, 4) is 17.4 Å². The third-order valence-electron chi connectivity index (χ3n) is 3.97. The highest BCUT2D eigenvalue weighted by atomic mass is 35.5. The fraction of sp³-hybridized carbons (Fsp3) is 0.167. The molecule has 0 amide bonds. The minimum Gasteiger partial charge on any atom is -0.480 e. The normalized spacial score (nSPS) is 11.5. The van der Waals surface area contributed by atoms with Crippen molar-refractivity contribution in [1.82, 2.24) is 4.98 Å². The molecule has 6 nitrogen and oxygen atoms in total. The first-order valence-corrected chi connectivity index (χ1v) is 8.16. The Morgan fingerprint density at radius 3 is 2.54 bits per heavy atom. The lowest BCUT2D eigenvalue weighted by Crippen LogP contribution is -2.04. The molecule has 0 radical (unpaired) electrons. The van der Waals surface area contributed by atoms with Crippen molar-refractivity contribution >= 4 is 28.1 Å². The average molecular weight is 413 g/mol. The predicted molar refractivity (Wildman–Crippen MR) is 96.2 cm³/mol. The van der Waals surface area contributed by atoms with Crippen LogP contribution >= 0.6 is 11.6 Å². The number of benzene rings is 2. The van der Waals surface area contributed by atoms with E-state index < -0.39 is 16.7 Å². The SMILES string of the molecule is COc1ncc(C)c2c(Oc3cccc(C(F)(F)F)c3)c(Cl)cc([N+](=O)[O-])c12. The molecule has 0 bridgehead atoms. The number of non-ortho nitro benzene ring substituents is 1. The molecule has 0 aliphatic heterocycles. The molecule has 0 saturated heterocycles. The number of alkyl halides is 3. The van der Waals surface area contributed by atoms with Crippen LogP contribution in [0.2, 0.25) is 5.02 Å². The third-order valence-corrected chi connectivity index (χ3v) is 4.25. The summed E-state index contributed by atoms with van der Waals surface area (Å²) in [5.41, 5.74) is -0.781. The van der Waals surface area contributed by atoms with Crippen LogP contribution in [0.3, 0.4) is 0 Å². The monoisotopic (exact) mass is 412 g/mol. The van der Waals surface area contributed by atoms with Gasteiger partial charge in [-0.05, 0) is 30.7 Å². The summed E-state index contributed by atoms with van der Waals surface area (Å²) in [6.45, 7) is 1.62. The number of aromatic nitrogens is 1. The molecule has 0 fully saturated rings. The third kappa shape index (κ3) is 3.53. The van der Waals surface area contributed by atoms with E-state index in [1.165, 1.54) is 25.4 Å². The zero-order valence-electron chi connectivity index (χ0n) is 14.5. The molecule has 1 aromatic heterocycles. The van der Waals surface area contributed by atoms with Crippen molar-refractivity contribution < 1.29 is 27.6 Å². The van der Waals surface area contributed by atoms with Gasteiger partial charge < -0.3 is 9.47 Å². The molecule has 0 unspecified atom stereocenters. The standard InChI is InChI=1S/C18H12ClF3N2O4/c1-9-8-23-17(27-2)15-13(24(25)26)7-12(19)16(14(9)15)28-11-5-3-4-10(6-11)18(20,21)22/h3-8H,1-2H3. The van der Waals surface area contributed by atoms with E-state index in [9.17, 15) is 23.3 Å². The van der Waals surface area contributed by atoms with E-state index in [-0.39, 0.29) is 38.9 Å². The van der Waals surface area contributed by atoms with Gasteiger partial charge in [-0.1, -0.05) is 17.7 Å². The first kappa shape index (κ1) is 19.7. The lowest BCUT2D eigenvalue weighted by Gasteiger charge is -2.15. The second kappa shape index (κ2) is 7.16. The molecule has 1 heterocycles. The van der Waals surface area contributed by atoms with Crippen molar-refractivity contribution in [2.75, 3.05) is 7.11 Å². The van der Waals surface area contributed by atoms with E-state index in [1.54, 1.807) is 6.92 Å². The highest BCUT2D eigenvalue weighted by molar-refractivity contribution is 6.34. The number of methoxy groups -OCH3 is 1. The smallest absolute Gasteiger partial charge is 0.416 e. The van der Waals surface area contributed by atoms with Crippen molar-refractivity contribution in [2.24, 2.45) is 0 Å². The summed E-state index contributed by atoms with van der Waals surface area (Å²) in [6, 6.07) is 5.29. The maximum Gasteiger partial charge on any atom is 0.416 e. The maximum atomic E-state index is 13.0. The van der Waals surface area contributed by atoms with Crippen molar-refractivity contribution in [3.63, 3.8) is 0 Å². The van der Waals surface area contributed by atoms with Gasteiger partial charge in [0, 0.05) is 17.6 Å². The molecule has 0 N–H and O–H groups in total. The number of nitro benzene ring substituents is 1. The lowest BCUT2D eigenvalue weighted by molar-refractivity contribution is -0.383. The highest BCUT2D eigenvalue weighted by Gasteiger charge is 2.31. The van der Waals surface area contributed by atoms with Crippen LogP contribution in [-0.2, 0) is 6.18 Å². The number of hydrogen-bond acceptors (Lipinski definition) is 5. The maximum absolute atomic E-state index is 13.0. The fourth-order valence-corrected chi connectivity index (χ4v) is 2.98. The number of fused-ring (bicyclic) bond motifs is 1. The molecule has 0 spiro atoms. The number of rotatable bonds is 4. The molecule has 3 aromatic rings. The van der Waals surface area contributed by atoms with Gasteiger partial charge in [0.25, 0.3) is 5.69 Å².